The number of benzene rings is 1. The van der Waals surface area contributed by atoms with Crippen molar-refractivity contribution in [3.8, 4) is 0 Å². The molecule has 1 aromatic rings. The summed E-state index contributed by atoms with van der Waals surface area (Å²) in [6.07, 6.45) is 0. The fourth-order valence-electron chi connectivity index (χ4n) is 1.05. The summed E-state index contributed by atoms with van der Waals surface area (Å²) in [5, 5.41) is 4.29. The molecule has 1 aromatic carbocycles. The summed E-state index contributed by atoms with van der Waals surface area (Å²) in [4.78, 5) is 4.38. The number of halogens is 1. The largest absolute Gasteiger partial charge is 0.335 e. The van der Waals surface area contributed by atoms with Gasteiger partial charge in [0.15, 0.2) is 5.17 Å². The Bertz CT molecular complexity index is 288. The van der Waals surface area contributed by atoms with Gasteiger partial charge in [0.2, 0.25) is 0 Å². The van der Waals surface area contributed by atoms with E-state index < -0.39 is 0 Å². The minimum Gasteiger partial charge on any atom is -0.335 e. The van der Waals surface area contributed by atoms with Crippen LogP contribution in [0.5, 0.6) is 0 Å². The number of thioether (sulfide) groups is 1. The highest BCUT2D eigenvalue weighted by Gasteiger charge is 1.97. The first-order valence-electron chi connectivity index (χ1n) is 4.86. The van der Waals surface area contributed by atoms with Crippen LogP contribution in [0.4, 0.5) is 5.69 Å². The number of aliphatic imine (C=N–C) groups is 1. The Hall–Kier alpha value is -0.670. The summed E-state index contributed by atoms with van der Waals surface area (Å²) >= 11 is 1.73. The first-order chi connectivity index (χ1) is 6.86. The van der Waals surface area contributed by atoms with Gasteiger partial charge in [-0.25, -0.2) is 0 Å². The highest BCUT2D eigenvalue weighted by atomic mass is 35.5. The molecule has 0 aliphatic carbocycles. The van der Waals surface area contributed by atoms with Gasteiger partial charge in [0.05, 0.1) is 0 Å². The molecule has 0 aromatic heterocycles. The van der Waals surface area contributed by atoms with Crippen molar-refractivity contribution in [2.24, 2.45) is 4.99 Å². The van der Waals surface area contributed by atoms with E-state index in [1.807, 2.05) is 37.3 Å². The lowest BCUT2D eigenvalue weighted by atomic mass is 10.3. The van der Waals surface area contributed by atoms with Gasteiger partial charge in [0.25, 0.3) is 0 Å². The summed E-state index contributed by atoms with van der Waals surface area (Å²) in [5.74, 6) is 1.04. The molecule has 2 nitrogen and oxygen atoms in total. The molecule has 0 radical (unpaired) electrons. The Morgan fingerprint density at radius 3 is 2.47 bits per heavy atom. The summed E-state index contributed by atoms with van der Waals surface area (Å²) in [7, 11) is 0. The van der Waals surface area contributed by atoms with Crippen LogP contribution < -0.4 is 5.32 Å². The van der Waals surface area contributed by atoms with E-state index >= 15 is 0 Å². The van der Waals surface area contributed by atoms with Crippen molar-refractivity contribution in [3.05, 3.63) is 30.3 Å². The third kappa shape index (κ3) is 5.70. The molecule has 0 aliphatic heterocycles. The standard InChI is InChI=1S/C11H16N2S.ClH/c1-3-12-11(14-4-2)13-10-8-6-5-7-9-10;/h5-9H,3-4H2,1-2H3,(H,12,13);1H. The number of para-hydroxylation sites is 1. The average molecular weight is 245 g/mol. The normalized spacial score (nSPS) is 10.7. The summed E-state index contributed by atoms with van der Waals surface area (Å²) in [6, 6.07) is 10.1. The molecule has 0 amide bonds. The first-order valence-corrected chi connectivity index (χ1v) is 5.84. The van der Waals surface area contributed by atoms with Crippen molar-refractivity contribution in [2.75, 3.05) is 17.6 Å². The van der Waals surface area contributed by atoms with Gasteiger partial charge >= 0.3 is 0 Å². The topological polar surface area (TPSA) is 24.4 Å². The van der Waals surface area contributed by atoms with Crippen molar-refractivity contribution in [3.63, 3.8) is 0 Å². The molecule has 0 unspecified atom stereocenters. The van der Waals surface area contributed by atoms with E-state index in [4.69, 9.17) is 0 Å². The second kappa shape index (κ2) is 8.62. The van der Waals surface area contributed by atoms with Crippen LogP contribution >= 0.6 is 24.2 Å². The Morgan fingerprint density at radius 2 is 1.93 bits per heavy atom. The molecule has 0 atom stereocenters. The van der Waals surface area contributed by atoms with Gasteiger partial charge in [-0.1, -0.05) is 36.9 Å². The Labute approximate surface area is 102 Å². The summed E-state index contributed by atoms with van der Waals surface area (Å²) in [6.45, 7) is 4.99. The molecule has 4 heteroatoms. The van der Waals surface area contributed by atoms with Crippen LogP contribution in [-0.4, -0.2) is 17.5 Å². The molecule has 0 fully saturated rings. The number of hydrogen-bond donors (Lipinski definition) is 1. The van der Waals surface area contributed by atoms with E-state index in [0.717, 1.165) is 23.2 Å². The molecule has 0 bridgehead atoms. The second-order valence-corrected chi connectivity index (χ2v) is 3.96. The van der Waals surface area contributed by atoms with Gasteiger partial charge in [-0.2, -0.15) is 0 Å². The fraction of sp³-hybridized carbons (Fsp3) is 0.364. The molecular weight excluding hydrogens is 228 g/mol. The molecule has 84 valence electrons. The average Bonchev–Trinajstić information content (AvgIpc) is 2.20. The highest BCUT2D eigenvalue weighted by Crippen LogP contribution is 2.10. The first kappa shape index (κ1) is 14.3. The van der Waals surface area contributed by atoms with Gasteiger partial charge < -0.3 is 5.32 Å². The molecule has 0 spiro atoms. The second-order valence-electron chi connectivity index (χ2n) is 2.70. The van der Waals surface area contributed by atoms with Crippen LogP contribution in [-0.2, 0) is 0 Å². The SMILES string of the molecule is CCN=C(Nc1ccccc1)SCC.Cl. The number of nitrogens with one attached hydrogen (secondary N) is 1. The monoisotopic (exact) mass is 244 g/mol. The van der Waals surface area contributed by atoms with Gasteiger partial charge in [0.1, 0.15) is 0 Å². The molecule has 0 saturated carbocycles. The zero-order chi connectivity index (χ0) is 10.2. The van der Waals surface area contributed by atoms with E-state index in [0.29, 0.717) is 0 Å². The van der Waals surface area contributed by atoms with Crippen LogP contribution in [0.2, 0.25) is 0 Å². The molecule has 0 heterocycles. The summed E-state index contributed by atoms with van der Waals surface area (Å²) < 4.78 is 0. The smallest absolute Gasteiger partial charge is 0.161 e. The summed E-state index contributed by atoms with van der Waals surface area (Å²) in [5.41, 5.74) is 1.10. The van der Waals surface area contributed by atoms with E-state index in [1.54, 1.807) is 11.8 Å². The van der Waals surface area contributed by atoms with E-state index in [2.05, 4.69) is 17.2 Å². The third-order valence-corrected chi connectivity index (χ3v) is 2.40. The van der Waals surface area contributed by atoms with Crippen LogP contribution in [0.3, 0.4) is 0 Å². The van der Waals surface area contributed by atoms with Crippen molar-refractivity contribution < 1.29 is 0 Å². The molecule has 1 rings (SSSR count). The number of amidine groups is 1. The lowest BCUT2D eigenvalue weighted by Crippen LogP contribution is -2.08. The maximum atomic E-state index is 4.38. The highest BCUT2D eigenvalue weighted by molar-refractivity contribution is 8.14. The van der Waals surface area contributed by atoms with Crippen LogP contribution in [0.15, 0.2) is 35.3 Å². The Balaban J connectivity index is 0.00000196. The predicted octanol–water partition coefficient (Wildman–Crippen LogP) is 3.65. The van der Waals surface area contributed by atoms with Gasteiger partial charge in [0, 0.05) is 12.2 Å². The molecule has 0 saturated heterocycles. The molecule has 15 heavy (non-hydrogen) atoms. The maximum Gasteiger partial charge on any atom is 0.161 e. The van der Waals surface area contributed by atoms with Crippen molar-refractivity contribution in [2.45, 2.75) is 13.8 Å². The van der Waals surface area contributed by atoms with Crippen LogP contribution in [0.1, 0.15) is 13.8 Å². The Kier molecular flexibility index (Phi) is 8.24. The minimum atomic E-state index is 0. The van der Waals surface area contributed by atoms with Crippen molar-refractivity contribution >= 4 is 35.0 Å². The lowest BCUT2D eigenvalue weighted by molar-refractivity contribution is 1.13. The minimum absolute atomic E-state index is 0. The quantitative estimate of drug-likeness (QED) is 0.649. The molecule has 1 N–H and O–H groups in total. The zero-order valence-corrected chi connectivity index (χ0v) is 10.7. The predicted molar refractivity (Wildman–Crippen MR) is 73.4 cm³/mol. The lowest BCUT2D eigenvalue weighted by Gasteiger charge is -2.07. The van der Waals surface area contributed by atoms with Gasteiger partial charge in [-0.05, 0) is 24.8 Å². The van der Waals surface area contributed by atoms with Crippen molar-refractivity contribution in [1.82, 2.24) is 0 Å². The fourth-order valence-corrected chi connectivity index (χ4v) is 1.73. The van der Waals surface area contributed by atoms with E-state index in [-0.39, 0.29) is 12.4 Å². The van der Waals surface area contributed by atoms with E-state index in [9.17, 15) is 0 Å². The third-order valence-electron chi connectivity index (χ3n) is 1.61. The van der Waals surface area contributed by atoms with Gasteiger partial charge in [-0.15, -0.1) is 12.4 Å². The zero-order valence-electron chi connectivity index (χ0n) is 9.06. The maximum absolute atomic E-state index is 4.38. The number of rotatable bonds is 3. The van der Waals surface area contributed by atoms with Crippen molar-refractivity contribution in [1.29, 1.82) is 0 Å². The number of hydrogen-bond acceptors (Lipinski definition) is 2. The van der Waals surface area contributed by atoms with E-state index in [1.165, 1.54) is 0 Å². The number of nitrogens with zero attached hydrogens (tertiary/aromatic N) is 1. The van der Waals surface area contributed by atoms with Crippen LogP contribution in [0, 0.1) is 0 Å². The van der Waals surface area contributed by atoms with Crippen LogP contribution in [0.25, 0.3) is 0 Å². The number of anilines is 1. The molecule has 0 aliphatic rings. The molecular formula is C11H17ClN2S. The van der Waals surface area contributed by atoms with Gasteiger partial charge in [-0.3, -0.25) is 4.99 Å². The Morgan fingerprint density at radius 1 is 1.27 bits per heavy atom.